The molecule has 1 N–H and O–H groups in total. The molecule has 1 heterocycles. The van der Waals surface area contributed by atoms with E-state index >= 15 is 0 Å². The highest BCUT2D eigenvalue weighted by atomic mass is 16.5. The van der Waals surface area contributed by atoms with Crippen LogP contribution in [0.3, 0.4) is 0 Å². The lowest BCUT2D eigenvalue weighted by atomic mass is 9.95. The predicted molar refractivity (Wildman–Crippen MR) is 64.5 cm³/mol. The van der Waals surface area contributed by atoms with Crippen molar-refractivity contribution in [3.8, 4) is 0 Å². The van der Waals surface area contributed by atoms with Gasteiger partial charge in [0.15, 0.2) is 0 Å². The molecular formula is C12H22N2O3. The van der Waals surface area contributed by atoms with Crippen molar-refractivity contribution in [1.82, 2.24) is 10.2 Å². The first-order valence-corrected chi connectivity index (χ1v) is 6.06. The van der Waals surface area contributed by atoms with Crippen LogP contribution >= 0.6 is 0 Å². The van der Waals surface area contributed by atoms with Gasteiger partial charge in [-0.1, -0.05) is 6.92 Å². The Morgan fingerprint density at radius 1 is 1.41 bits per heavy atom. The Kier molecular flexibility index (Phi) is 4.51. The van der Waals surface area contributed by atoms with E-state index in [-0.39, 0.29) is 17.9 Å². The zero-order valence-electron chi connectivity index (χ0n) is 11.1. The standard InChI is InChI=1S/C12H22N2O3/c1-5-9-10(15)13-12(2,3)11(16)14(9)7-6-8-17-4/h9H,5-8H2,1-4H3,(H,13,15). The molecule has 0 aliphatic carbocycles. The topological polar surface area (TPSA) is 58.6 Å². The van der Waals surface area contributed by atoms with Gasteiger partial charge in [0.25, 0.3) is 0 Å². The Morgan fingerprint density at radius 3 is 2.59 bits per heavy atom. The quantitative estimate of drug-likeness (QED) is 0.716. The van der Waals surface area contributed by atoms with Crippen molar-refractivity contribution in [3.63, 3.8) is 0 Å². The number of amides is 2. The monoisotopic (exact) mass is 242 g/mol. The van der Waals surface area contributed by atoms with Gasteiger partial charge in [-0.3, -0.25) is 9.59 Å². The highest BCUT2D eigenvalue weighted by molar-refractivity contribution is 5.99. The molecule has 0 bridgehead atoms. The van der Waals surface area contributed by atoms with Gasteiger partial charge in [0.1, 0.15) is 11.6 Å². The molecule has 98 valence electrons. The summed E-state index contributed by atoms with van der Waals surface area (Å²) in [5.41, 5.74) is -0.796. The van der Waals surface area contributed by atoms with E-state index in [0.29, 0.717) is 19.6 Å². The molecule has 1 aliphatic heterocycles. The fraction of sp³-hybridized carbons (Fsp3) is 0.833. The van der Waals surface area contributed by atoms with Crippen LogP contribution in [0.4, 0.5) is 0 Å². The molecule has 0 aromatic rings. The number of hydrogen-bond donors (Lipinski definition) is 1. The molecule has 0 spiro atoms. The summed E-state index contributed by atoms with van der Waals surface area (Å²) in [6, 6.07) is -0.340. The number of methoxy groups -OCH3 is 1. The molecule has 17 heavy (non-hydrogen) atoms. The molecule has 2 amide bonds. The molecule has 1 fully saturated rings. The van der Waals surface area contributed by atoms with E-state index in [2.05, 4.69) is 5.32 Å². The van der Waals surface area contributed by atoms with Gasteiger partial charge in [0.2, 0.25) is 11.8 Å². The van der Waals surface area contributed by atoms with Crippen molar-refractivity contribution in [3.05, 3.63) is 0 Å². The predicted octanol–water partition coefficient (Wildman–Crippen LogP) is 0.539. The average Bonchev–Trinajstić information content (AvgIpc) is 2.25. The number of ether oxygens (including phenoxy) is 1. The van der Waals surface area contributed by atoms with Crippen molar-refractivity contribution < 1.29 is 14.3 Å². The summed E-state index contributed by atoms with van der Waals surface area (Å²) in [4.78, 5) is 25.8. The van der Waals surface area contributed by atoms with Crippen LogP contribution in [0.25, 0.3) is 0 Å². The number of hydrogen-bond acceptors (Lipinski definition) is 3. The summed E-state index contributed by atoms with van der Waals surface area (Å²) in [5, 5.41) is 2.77. The van der Waals surface area contributed by atoms with Crippen molar-refractivity contribution >= 4 is 11.8 Å². The number of carbonyl (C=O) groups excluding carboxylic acids is 2. The molecule has 0 radical (unpaired) electrons. The van der Waals surface area contributed by atoms with E-state index in [1.807, 2.05) is 6.92 Å². The minimum absolute atomic E-state index is 0.0138. The summed E-state index contributed by atoms with van der Waals surface area (Å²) in [7, 11) is 1.63. The van der Waals surface area contributed by atoms with E-state index < -0.39 is 5.54 Å². The van der Waals surface area contributed by atoms with E-state index in [9.17, 15) is 9.59 Å². The maximum atomic E-state index is 12.2. The van der Waals surface area contributed by atoms with Crippen molar-refractivity contribution in [2.24, 2.45) is 0 Å². The van der Waals surface area contributed by atoms with Gasteiger partial charge in [-0.05, 0) is 26.7 Å². The minimum Gasteiger partial charge on any atom is -0.385 e. The second-order valence-corrected chi connectivity index (χ2v) is 4.88. The van der Waals surface area contributed by atoms with Crippen LogP contribution in [0, 0.1) is 0 Å². The third-order valence-corrected chi connectivity index (χ3v) is 3.04. The summed E-state index contributed by atoms with van der Waals surface area (Å²) >= 11 is 0. The summed E-state index contributed by atoms with van der Waals surface area (Å²) < 4.78 is 4.98. The highest BCUT2D eigenvalue weighted by Gasteiger charge is 2.43. The third-order valence-electron chi connectivity index (χ3n) is 3.04. The maximum Gasteiger partial charge on any atom is 0.248 e. The molecule has 1 unspecified atom stereocenters. The Morgan fingerprint density at radius 2 is 2.06 bits per heavy atom. The normalized spacial score (nSPS) is 23.8. The second kappa shape index (κ2) is 5.49. The van der Waals surface area contributed by atoms with E-state index in [0.717, 1.165) is 6.42 Å². The summed E-state index contributed by atoms with van der Waals surface area (Å²) in [6.07, 6.45) is 1.39. The minimum atomic E-state index is -0.796. The Hall–Kier alpha value is -1.10. The van der Waals surface area contributed by atoms with Crippen LogP contribution in [0.15, 0.2) is 0 Å². The lowest BCUT2D eigenvalue weighted by Crippen LogP contribution is -2.68. The number of rotatable bonds is 5. The molecule has 5 heteroatoms. The first-order valence-electron chi connectivity index (χ1n) is 6.06. The summed E-state index contributed by atoms with van der Waals surface area (Å²) in [5.74, 6) is -0.0745. The molecule has 5 nitrogen and oxygen atoms in total. The van der Waals surface area contributed by atoms with Gasteiger partial charge in [0.05, 0.1) is 0 Å². The Balaban J connectivity index is 2.78. The molecule has 1 rings (SSSR count). The van der Waals surface area contributed by atoms with Gasteiger partial charge in [-0.25, -0.2) is 0 Å². The molecular weight excluding hydrogens is 220 g/mol. The van der Waals surface area contributed by atoms with Gasteiger partial charge in [-0.2, -0.15) is 0 Å². The number of nitrogens with zero attached hydrogens (tertiary/aromatic N) is 1. The zero-order valence-corrected chi connectivity index (χ0v) is 11.1. The van der Waals surface area contributed by atoms with Crippen LogP contribution in [0.1, 0.15) is 33.6 Å². The molecule has 1 aliphatic rings. The van der Waals surface area contributed by atoms with Crippen LogP contribution in [0.2, 0.25) is 0 Å². The SMILES string of the molecule is CCC1C(=O)NC(C)(C)C(=O)N1CCCOC. The fourth-order valence-electron chi connectivity index (χ4n) is 2.13. The summed E-state index contributed by atoms with van der Waals surface area (Å²) in [6.45, 7) is 6.56. The van der Waals surface area contributed by atoms with Gasteiger partial charge >= 0.3 is 0 Å². The first kappa shape index (κ1) is 14.0. The fourth-order valence-corrected chi connectivity index (χ4v) is 2.13. The van der Waals surface area contributed by atoms with Gasteiger partial charge in [0, 0.05) is 20.3 Å². The highest BCUT2D eigenvalue weighted by Crippen LogP contribution is 2.20. The Bertz CT molecular complexity index is 302. The molecule has 1 atom stereocenters. The third kappa shape index (κ3) is 2.97. The van der Waals surface area contributed by atoms with Crippen molar-refractivity contribution in [2.45, 2.75) is 45.2 Å². The lowest BCUT2D eigenvalue weighted by Gasteiger charge is -2.42. The van der Waals surface area contributed by atoms with Crippen LogP contribution in [-0.2, 0) is 14.3 Å². The lowest BCUT2D eigenvalue weighted by molar-refractivity contribution is -0.153. The smallest absolute Gasteiger partial charge is 0.248 e. The van der Waals surface area contributed by atoms with Crippen LogP contribution < -0.4 is 5.32 Å². The average molecular weight is 242 g/mol. The van der Waals surface area contributed by atoms with Gasteiger partial charge < -0.3 is 15.0 Å². The molecule has 0 saturated carbocycles. The second-order valence-electron chi connectivity index (χ2n) is 4.88. The Labute approximate surface area is 102 Å². The largest absolute Gasteiger partial charge is 0.385 e. The maximum absolute atomic E-state index is 12.2. The van der Waals surface area contributed by atoms with Crippen LogP contribution in [-0.4, -0.2) is 48.6 Å². The van der Waals surface area contributed by atoms with Gasteiger partial charge in [-0.15, -0.1) is 0 Å². The molecule has 0 aromatic carbocycles. The molecule has 1 saturated heterocycles. The number of piperazine rings is 1. The van der Waals surface area contributed by atoms with Crippen molar-refractivity contribution in [2.75, 3.05) is 20.3 Å². The first-order chi connectivity index (χ1) is 7.94. The van der Waals surface area contributed by atoms with E-state index in [1.165, 1.54) is 0 Å². The zero-order chi connectivity index (χ0) is 13.1. The van der Waals surface area contributed by atoms with E-state index in [1.54, 1.807) is 25.9 Å². The van der Waals surface area contributed by atoms with E-state index in [4.69, 9.17) is 4.74 Å². The molecule has 0 aromatic heterocycles. The number of nitrogens with one attached hydrogen (secondary N) is 1. The van der Waals surface area contributed by atoms with Crippen molar-refractivity contribution in [1.29, 1.82) is 0 Å². The number of carbonyl (C=O) groups is 2. The van der Waals surface area contributed by atoms with Crippen LogP contribution in [0.5, 0.6) is 0 Å².